The van der Waals surface area contributed by atoms with E-state index in [0.29, 0.717) is 35.2 Å². The Hall–Kier alpha value is -3.36. The molecule has 0 aliphatic heterocycles. The zero-order valence-corrected chi connectivity index (χ0v) is 19.6. The fourth-order valence-corrected chi connectivity index (χ4v) is 3.90. The van der Waals surface area contributed by atoms with E-state index in [0.717, 1.165) is 41.6 Å². The first-order chi connectivity index (χ1) is 16.5. The molecule has 1 atom stereocenters. The van der Waals surface area contributed by atoms with Crippen molar-refractivity contribution in [2.75, 3.05) is 25.6 Å². The molecule has 4 rings (SSSR count). The maximum Gasteiger partial charge on any atom is 0.221 e. The van der Waals surface area contributed by atoms with Crippen LogP contribution in [0.3, 0.4) is 0 Å². The zero-order chi connectivity index (χ0) is 24.1. The third kappa shape index (κ3) is 5.76. The summed E-state index contributed by atoms with van der Waals surface area (Å²) in [6, 6.07) is 12.2. The lowest BCUT2D eigenvalue weighted by Crippen LogP contribution is -2.32. The average Bonchev–Trinajstić information content (AvgIpc) is 3.67. The van der Waals surface area contributed by atoms with Crippen molar-refractivity contribution < 1.29 is 19.4 Å². The number of nitrogens with zero attached hydrogens (tertiary/aromatic N) is 1. The van der Waals surface area contributed by atoms with Crippen molar-refractivity contribution in [3.8, 4) is 11.5 Å². The van der Waals surface area contributed by atoms with Crippen LogP contribution in [0.4, 0.5) is 11.4 Å². The monoisotopic (exact) mass is 464 g/mol. The molecule has 0 spiro atoms. The first-order valence-electron chi connectivity index (χ1n) is 11.7. The van der Waals surface area contributed by atoms with Gasteiger partial charge in [-0.25, -0.2) is 0 Å². The number of benzene rings is 2. The van der Waals surface area contributed by atoms with Crippen molar-refractivity contribution in [3.63, 3.8) is 0 Å². The highest BCUT2D eigenvalue weighted by molar-refractivity contribution is 5.98. The number of hydrogen-bond acceptors (Lipinski definition) is 7. The van der Waals surface area contributed by atoms with E-state index >= 15 is 0 Å². The second-order valence-electron chi connectivity index (χ2n) is 8.60. The Balaban J connectivity index is 1.70. The van der Waals surface area contributed by atoms with E-state index in [9.17, 15) is 9.90 Å². The van der Waals surface area contributed by atoms with Crippen LogP contribution >= 0.6 is 0 Å². The Morgan fingerprint density at radius 1 is 1.24 bits per heavy atom. The third-order valence-electron chi connectivity index (χ3n) is 5.91. The van der Waals surface area contributed by atoms with Gasteiger partial charge in [-0.15, -0.1) is 0 Å². The van der Waals surface area contributed by atoms with Crippen molar-refractivity contribution in [3.05, 3.63) is 53.7 Å². The van der Waals surface area contributed by atoms with Gasteiger partial charge in [0.2, 0.25) is 5.91 Å². The van der Waals surface area contributed by atoms with Gasteiger partial charge in [-0.3, -0.25) is 9.78 Å². The molecule has 1 amide bonds. The molecule has 34 heavy (non-hydrogen) atoms. The Labute approximate surface area is 199 Å². The molecule has 1 aliphatic rings. The van der Waals surface area contributed by atoms with E-state index in [2.05, 4.69) is 28.6 Å². The number of primary amides is 1. The third-order valence-corrected chi connectivity index (χ3v) is 5.91. The predicted octanol–water partition coefficient (Wildman–Crippen LogP) is 3.07. The van der Waals surface area contributed by atoms with Crippen molar-refractivity contribution in [2.24, 2.45) is 5.73 Å². The van der Waals surface area contributed by atoms with E-state index in [1.807, 2.05) is 24.3 Å². The van der Waals surface area contributed by atoms with Gasteiger partial charge in [-0.1, -0.05) is 25.1 Å². The SMILES string of the molecule is CCc1ccccc1Nc1c(CC(N)=O)cnc2cc(OC)c(OC[C@@H](O)CNC3CC3)cc12. The van der Waals surface area contributed by atoms with Crippen LogP contribution in [-0.4, -0.2) is 48.4 Å². The predicted molar refractivity (Wildman–Crippen MR) is 133 cm³/mol. The number of methoxy groups -OCH3 is 1. The van der Waals surface area contributed by atoms with Crippen molar-refractivity contribution >= 4 is 28.2 Å². The number of pyridine rings is 1. The fourth-order valence-electron chi connectivity index (χ4n) is 3.90. The number of carbonyl (C=O) groups excluding carboxylic acids is 1. The van der Waals surface area contributed by atoms with Gasteiger partial charge in [0.15, 0.2) is 11.5 Å². The average molecular weight is 465 g/mol. The summed E-state index contributed by atoms with van der Waals surface area (Å²) in [7, 11) is 1.57. The minimum atomic E-state index is -0.644. The van der Waals surface area contributed by atoms with Gasteiger partial charge in [0.1, 0.15) is 12.7 Å². The molecule has 8 heteroatoms. The first-order valence-corrected chi connectivity index (χ1v) is 11.7. The number of carbonyl (C=O) groups is 1. The standard InChI is InChI=1S/C26H32N4O4/c1-3-16-6-4-5-7-21(16)30-26-17(10-25(27)32)13-29-22-12-23(33-2)24(11-20(22)26)34-15-19(31)14-28-18-8-9-18/h4-7,11-13,18-19,28,31H,3,8-10,14-15H2,1-2H3,(H2,27,32)(H,29,30)/t19-/m0/s1. The number of aliphatic hydroxyl groups excluding tert-OH is 1. The lowest BCUT2D eigenvalue weighted by atomic mass is 10.0. The van der Waals surface area contributed by atoms with Gasteiger partial charge in [-0.05, 0) is 37.0 Å². The number of nitrogens with two attached hydrogens (primary N) is 1. The number of ether oxygens (including phenoxy) is 2. The highest BCUT2D eigenvalue weighted by atomic mass is 16.5. The summed E-state index contributed by atoms with van der Waals surface area (Å²) in [4.78, 5) is 16.3. The summed E-state index contributed by atoms with van der Waals surface area (Å²) in [5, 5.41) is 17.9. The molecule has 1 saturated carbocycles. The fraction of sp³-hybridized carbons (Fsp3) is 0.385. The second-order valence-corrected chi connectivity index (χ2v) is 8.60. The number of amides is 1. The van der Waals surface area contributed by atoms with Crippen LogP contribution in [0.25, 0.3) is 10.9 Å². The van der Waals surface area contributed by atoms with Crippen LogP contribution in [0.2, 0.25) is 0 Å². The molecule has 0 bridgehead atoms. The Kier molecular flexibility index (Phi) is 7.49. The number of fused-ring (bicyclic) bond motifs is 1. The molecule has 1 fully saturated rings. The van der Waals surface area contributed by atoms with Crippen LogP contribution in [0, 0.1) is 0 Å². The number of anilines is 2. The minimum Gasteiger partial charge on any atom is -0.493 e. The highest BCUT2D eigenvalue weighted by Gasteiger charge is 2.22. The molecular formula is C26H32N4O4. The van der Waals surface area contributed by atoms with Gasteiger partial charge in [0.05, 0.1) is 24.7 Å². The normalized spacial score (nSPS) is 14.1. The van der Waals surface area contributed by atoms with E-state index in [1.165, 1.54) is 0 Å². The lowest BCUT2D eigenvalue weighted by Gasteiger charge is -2.19. The molecule has 1 aromatic heterocycles. The summed E-state index contributed by atoms with van der Waals surface area (Å²) in [5.74, 6) is 0.569. The maximum absolute atomic E-state index is 11.8. The first kappa shape index (κ1) is 23.8. The van der Waals surface area contributed by atoms with Gasteiger partial charge < -0.3 is 30.9 Å². The molecule has 2 aromatic carbocycles. The van der Waals surface area contributed by atoms with Crippen LogP contribution in [0.5, 0.6) is 11.5 Å². The van der Waals surface area contributed by atoms with E-state index in [4.69, 9.17) is 15.2 Å². The second kappa shape index (κ2) is 10.7. The van der Waals surface area contributed by atoms with Crippen molar-refractivity contribution in [1.29, 1.82) is 0 Å². The minimum absolute atomic E-state index is 0.0489. The number of rotatable bonds is 12. The largest absolute Gasteiger partial charge is 0.493 e. The number of aliphatic hydroxyl groups is 1. The number of aryl methyl sites for hydroxylation is 1. The summed E-state index contributed by atoms with van der Waals surface area (Å²) in [5.41, 5.74) is 9.74. The van der Waals surface area contributed by atoms with Crippen LogP contribution in [-0.2, 0) is 17.6 Å². The van der Waals surface area contributed by atoms with Crippen LogP contribution in [0.15, 0.2) is 42.6 Å². The Morgan fingerprint density at radius 2 is 2.03 bits per heavy atom. The number of nitrogens with one attached hydrogen (secondary N) is 2. The quantitative estimate of drug-likeness (QED) is 0.325. The molecule has 180 valence electrons. The Bertz CT molecular complexity index is 1160. The van der Waals surface area contributed by atoms with Crippen molar-refractivity contribution in [1.82, 2.24) is 10.3 Å². The summed E-state index contributed by atoms with van der Waals surface area (Å²) in [6.07, 6.45) is 4.24. The molecule has 0 unspecified atom stereocenters. The van der Waals surface area contributed by atoms with Crippen LogP contribution < -0.4 is 25.8 Å². The number of para-hydroxylation sites is 1. The molecule has 1 aliphatic carbocycles. The molecular weight excluding hydrogens is 432 g/mol. The molecule has 5 N–H and O–H groups in total. The summed E-state index contributed by atoms with van der Waals surface area (Å²) >= 11 is 0. The highest BCUT2D eigenvalue weighted by Crippen LogP contribution is 2.38. The van der Waals surface area contributed by atoms with E-state index < -0.39 is 12.0 Å². The molecule has 0 radical (unpaired) electrons. The number of hydrogen-bond donors (Lipinski definition) is 4. The van der Waals surface area contributed by atoms with Gasteiger partial charge in [0, 0.05) is 41.5 Å². The van der Waals surface area contributed by atoms with Crippen LogP contribution in [0.1, 0.15) is 30.9 Å². The lowest BCUT2D eigenvalue weighted by molar-refractivity contribution is -0.117. The maximum atomic E-state index is 11.8. The topological polar surface area (TPSA) is 119 Å². The summed E-state index contributed by atoms with van der Waals surface area (Å²) < 4.78 is 11.5. The smallest absolute Gasteiger partial charge is 0.221 e. The zero-order valence-electron chi connectivity index (χ0n) is 19.6. The van der Waals surface area contributed by atoms with E-state index in [-0.39, 0.29) is 13.0 Å². The molecule has 8 nitrogen and oxygen atoms in total. The van der Waals surface area contributed by atoms with Gasteiger partial charge >= 0.3 is 0 Å². The number of aromatic nitrogens is 1. The van der Waals surface area contributed by atoms with E-state index in [1.54, 1.807) is 19.4 Å². The summed E-state index contributed by atoms with van der Waals surface area (Å²) in [6.45, 7) is 2.69. The van der Waals surface area contributed by atoms with Gasteiger partial charge in [-0.2, -0.15) is 0 Å². The van der Waals surface area contributed by atoms with Crippen molar-refractivity contribution in [2.45, 2.75) is 44.8 Å². The van der Waals surface area contributed by atoms with Gasteiger partial charge in [0.25, 0.3) is 0 Å². The molecule has 0 saturated heterocycles. The Morgan fingerprint density at radius 3 is 2.74 bits per heavy atom. The molecule has 1 heterocycles. The molecule has 3 aromatic rings.